The van der Waals surface area contributed by atoms with E-state index in [0.29, 0.717) is 5.82 Å². The molecule has 0 unspecified atom stereocenters. The van der Waals surface area contributed by atoms with E-state index in [-0.39, 0.29) is 18.3 Å². The van der Waals surface area contributed by atoms with E-state index in [1.807, 2.05) is 0 Å². The lowest BCUT2D eigenvalue weighted by Gasteiger charge is -1.95. The Morgan fingerprint density at radius 3 is 3.09 bits per heavy atom. The molecule has 0 saturated carbocycles. The number of halogens is 1. The van der Waals surface area contributed by atoms with Crippen molar-refractivity contribution in [2.75, 3.05) is 5.88 Å². The van der Waals surface area contributed by atoms with Crippen LogP contribution in [0.15, 0.2) is 0 Å². The van der Waals surface area contributed by atoms with Gasteiger partial charge in [0.15, 0.2) is 5.82 Å². The summed E-state index contributed by atoms with van der Waals surface area (Å²) in [4.78, 5) is 10.6. The second-order valence-electron chi connectivity index (χ2n) is 1.74. The molecular formula is C4H6ClN5O. The van der Waals surface area contributed by atoms with Gasteiger partial charge in [-0.1, -0.05) is 5.21 Å². The molecule has 1 rings (SSSR count). The van der Waals surface area contributed by atoms with Crippen LogP contribution < -0.4 is 5.32 Å². The Balaban J connectivity index is 2.29. The second-order valence-corrected chi connectivity index (χ2v) is 2.01. The van der Waals surface area contributed by atoms with Crippen LogP contribution in [0.3, 0.4) is 0 Å². The third kappa shape index (κ3) is 2.50. The molecule has 0 fully saturated rings. The van der Waals surface area contributed by atoms with Crippen LogP contribution >= 0.6 is 11.6 Å². The van der Waals surface area contributed by atoms with Gasteiger partial charge in [-0.05, 0) is 0 Å². The summed E-state index contributed by atoms with van der Waals surface area (Å²) in [6, 6.07) is 0. The van der Waals surface area contributed by atoms with E-state index in [1.54, 1.807) is 0 Å². The molecule has 6 nitrogen and oxygen atoms in total. The summed E-state index contributed by atoms with van der Waals surface area (Å²) in [5.41, 5.74) is 0. The molecule has 0 spiro atoms. The van der Waals surface area contributed by atoms with Crippen molar-refractivity contribution in [3.8, 4) is 0 Å². The summed E-state index contributed by atoms with van der Waals surface area (Å²) in [6.45, 7) is 0.252. The number of rotatable bonds is 3. The monoisotopic (exact) mass is 175 g/mol. The summed E-state index contributed by atoms with van der Waals surface area (Å²) < 4.78 is 0. The number of hydrogen-bond acceptors (Lipinski definition) is 4. The first-order valence-electron chi connectivity index (χ1n) is 2.88. The molecule has 1 aromatic rings. The molecular weight excluding hydrogens is 170 g/mol. The Labute approximate surface area is 67.3 Å². The third-order valence-electron chi connectivity index (χ3n) is 0.954. The molecule has 0 saturated heterocycles. The highest BCUT2D eigenvalue weighted by molar-refractivity contribution is 6.27. The first-order valence-corrected chi connectivity index (χ1v) is 3.41. The fourth-order valence-corrected chi connectivity index (χ4v) is 0.577. The fourth-order valence-electron chi connectivity index (χ4n) is 0.482. The van der Waals surface area contributed by atoms with Crippen molar-refractivity contribution in [3.63, 3.8) is 0 Å². The minimum atomic E-state index is -0.253. The van der Waals surface area contributed by atoms with E-state index in [2.05, 4.69) is 25.9 Å². The highest BCUT2D eigenvalue weighted by Crippen LogP contribution is 1.82. The van der Waals surface area contributed by atoms with E-state index >= 15 is 0 Å². The topological polar surface area (TPSA) is 83.6 Å². The minimum absolute atomic E-state index is 0.0577. The first kappa shape index (κ1) is 7.93. The highest BCUT2D eigenvalue weighted by atomic mass is 35.5. The lowest BCUT2D eigenvalue weighted by atomic mass is 10.6. The Morgan fingerprint density at radius 2 is 2.55 bits per heavy atom. The Kier molecular flexibility index (Phi) is 2.79. The van der Waals surface area contributed by atoms with Gasteiger partial charge in [0, 0.05) is 0 Å². The molecule has 0 radical (unpaired) electrons. The van der Waals surface area contributed by atoms with Crippen molar-refractivity contribution >= 4 is 17.5 Å². The smallest absolute Gasteiger partial charge is 0.235 e. The zero-order valence-electron chi connectivity index (χ0n) is 5.54. The number of H-pyrrole nitrogens is 1. The first-order chi connectivity index (χ1) is 5.33. The van der Waals surface area contributed by atoms with Gasteiger partial charge in [-0.15, -0.1) is 21.8 Å². The summed E-state index contributed by atoms with van der Waals surface area (Å²) in [5.74, 6) is 0.123. The average molecular weight is 176 g/mol. The van der Waals surface area contributed by atoms with Gasteiger partial charge in [0.1, 0.15) is 5.88 Å². The molecule has 1 aromatic heterocycles. The van der Waals surface area contributed by atoms with Gasteiger partial charge < -0.3 is 5.32 Å². The summed E-state index contributed by atoms with van der Waals surface area (Å²) in [6.07, 6.45) is 0. The van der Waals surface area contributed by atoms with E-state index in [0.717, 1.165) is 0 Å². The quantitative estimate of drug-likeness (QED) is 0.581. The number of tetrazole rings is 1. The van der Waals surface area contributed by atoms with Gasteiger partial charge in [-0.25, -0.2) is 0 Å². The van der Waals surface area contributed by atoms with Crippen LogP contribution in [0.1, 0.15) is 5.82 Å². The van der Waals surface area contributed by atoms with Crippen LogP contribution in [0.4, 0.5) is 0 Å². The molecule has 1 amide bonds. The third-order valence-corrected chi connectivity index (χ3v) is 1.20. The number of aromatic nitrogens is 4. The van der Waals surface area contributed by atoms with Crippen LogP contribution in [0.25, 0.3) is 0 Å². The molecule has 11 heavy (non-hydrogen) atoms. The summed E-state index contributed by atoms with van der Waals surface area (Å²) >= 11 is 5.22. The molecule has 0 atom stereocenters. The van der Waals surface area contributed by atoms with Crippen LogP contribution in [-0.4, -0.2) is 32.4 Å². The number of nitrogens with zero attached hydrogens (tertiary/aromatic N) is 3. The molecule has 60 valence electrons. The minimum Gasteiger partial charge on any atom is -0.348 e. The Bertz CT molecular complexity index is 222. The Morgan fingerprint density at radius 1 is 1.73 bits per heavy atom. The van der Waals surface area contributed by atoms with Crippen molar-refractivity contribution in [3.05, 3.63) is 5.82 Å². The zero-order valence-corrected chi connectivity index (χ0v) is 6.30. The lowest BCUT2D eigenvalue weighted by molar-refractivity contribution is -0.118. The van der Waals surface area contributed by atoms with Crippen molar-refractivity contribution in [2.45, 2.75) is 6.54 Å². The van der Waals surface area contributed by atoms with Crippen molar-refractivity contribution in [1.29, 1.82) is 0 Å². The number of amides is 1. The SMILES string of the molecule is O=C(CCl)NCc1nn[nH]n1. The number of hydrogen-bond donors (Lipinski definition) is 2. The van der Waals surface area contributed by atoms with Crippen molar-refractivity contribution in [1.82, 2.24) is 25.9 Å². The van der Waals surface area contributed by atoms with Gasteiger partial charge in [-0.3, -0.25) is 4.79 Å². The van der Waals surface area contributed by atoms with E-state index in [9.17, 15) is 4.79 Å². The van der Waals surface area contributed by atoms with Gasteiger partial charge in [0.25, 0.3) is 0 Å². The molecule has 7 heteroatoms. The zero-order chi connectivity index (χ0) is 8.10. The van der Waals surface area contributed by atoms with Gasteiger partial charge in [0.2, 0.25) is 5.91 Å². The normalized spacial score (nSPS) is 9.55. The maximum atomic E-state index is 10.6. The molecule has 0 aliphatic heterocycles. The average Bonchev–Trinajstić information content (AvgIpc) is 2.52. The van der Waals surface area contributed by atoms with Gasteiger partial charge in [0.05, 0.1) is 6.54 Å². The number of carbonyl (C=O) groups is 1. The number of alkyl halides is 1. The van der Waals surface area contributed by atoms with Crippen LogP contribution in [0, 0.1) is 0 Å². The van der Waals surface area contributed by atoms with Crippen LogP contribution in [0.5, 0.6) is 0 Å². The number of aromatic amines is 1. The Hall–Kier alpha value is -1.17. The largest absolute Gasteiger partial charge is 0.348 e. The molecule has 0 bridgehead atoms. The van der Waals surface area contributed by atoms with Gasteiger partial charge >= 0.3 is 0 Å². The molecule has 2 N–H and O–H groups in total. The number of nitrogens with one attached hydrogen (secondary N) is 2. The summed E-state index contributed by atoms with van der Waals surface area (Å²) in [7, 11) is 0. The van der Waals surface area contributed by atoms with E-state index < -0.39 is 0 Å². The van der Waals surface area contributed by atoms with Crippen molar-refractivity contribution < 1.29 is 4.79 Å². The highest BCUT2D eigenvalue weighted by Gasteiger charge is 2.00. The summed E-state index contributed by atoms with van der Waals surface area (Å²) in [5, 5.41) is 15.3. The fraction of sp³-hybridized carbons (Fsp3) is 0.500. The predicted molar refractivity (Wildman–Crippen MR) is 36.7 cm³/mol. The standard InChI is InChI=1S/C4H6ClN5O/c5-1-4(11)6-2-3-7-9-10-8-3/h1-2H2,(H,6,11)(H,7,8,9,10). The van der Waals surface area contributed by atoms with Crippen molar-refractivity contribution in [2.24, 2.45) is 0 Å². The molecule has 0 aliphatic carbocycles. The molecule has 1 heterocycles. The maximum Gasteiger partial charge on any atom is 0.235 e. The maximum absolute atomic E-state index is 10.6. The number of carbonyl (C=O) groups excluding carboxylic acids is 1. The van der Waals surface area contributed by atoms with Crippen LogP contribution in [-0.2, 0) is 11.3 Å². The van der Waals surface area contributed by atoms with Gasteiger partial charge in [-0.2, -0.15) is 5.21 Å². The molecule has 0 aromatic carbocycles. The van der Waals surface area contributed by atoms with E-state index in [4.69, 9.17) is 11.6 Å². The molecule has 0 aliphatic rings. The van der Waals surface area contributed by atoms with Crippen LogP contribution in [0.2, 0.25) is 0 Å². The second kappa shape index (κ2) is 3.87. The lowest BCUT2D eigenvalue weighted by Crippen LogP contribution is -2.24. The predicted octanol–water partition coefficient (Wildman–Crippen LogP) is -0.945. The van der Waals surface area contributed by atoms with E-state index in [1.165, 1.54) is 0 Å².